The number of pyridine rings is 1. The zero-order valence-corrected chi connectivity index (χ0v) is 16.6. The average Bonchev–Trinajstić information content (AvgIpc) is 3.17. The molecule has 0 aliphatic carbocycles. The molecule has 0 fully saturated rings. The van der Waals surface area contributed by atoms with Gasteiger partial charge in [-0.05, 0) is 48.5 Å². The van der Waals surface area contributed by atoms with Crippen molar-refractivity contribution in [3.63, 3.8) is 0 Å². The van der Waals surface area contributed by atoms with Crippen LogP contribution < -0.4 is 5.56 Å². The number of hydrogen-bond acceptors (Lipinski definition) is 5. The van der Waals surface area contributed by atoms with E-state index in [9.17, 15) is 4.79 Å². The van der Waals surface area contributed by atoms with Crippen molar-refractivity contribution in [2.45, 2.75) is 0 Å². The highest BCUT2D eigenvalue weighted by Gasteiger charge is 2.16. The van der Waals surface area contributed by atoms with Crippen LogP contribution in [0.15, 0.2) is 91.7 Å². The maximum absolute atomic E-state index is 13.2. The van der Waals surface area contributed by atoms with E-state index < -0.39 is 0 Å². The minimum Gasteiger partial charge on any atom is -0.453 e. The second kappa shape index (κ2) is 7.10. The lowest BCUT2D eigenvalue weighted by Crippen LogP contribution is -2.20. The van der Waals surface area contributed by atoms with Gasteiger partial charge < -0.3 is 4.42 Å². The first kappa shape index (κ1) is 17.5. The van der Waals surface area contributed by atoms with Gasteiger partial charge in [-0.15, -0.1) is 0 Å². The fourth-order valence-electron chi connectivity index (χ4n) is 3.08. The molecule has 0 saturated carbocycles. The molecule has 0 saturated heterocycles. The number of para-hydroxylation sites is 1. The van der Waals surface area contributed by atoms with E-state index in [1.807, 2.05) is 42.5 Å². The van der Waals surface area contributed by atoms with Gasteiger partial charge >= 0.3 is 0 Å². The van der Waals surface area contributed by atoms with Crippen LogP contribution in [0.1, 0.15) is 5.69 Å². The number of fused-ring (bicyclic) bond motifs is 2. The molecule has 2 aromatic carbocycles. The van der Waals surface area contributed by atoms with Crippen LogP contribution in [0.3, 0.4) is 0 Å². The SMILES string of the molecule is O=c1c2ccccc2nc(-c2cc3cc(Br)ccc3o2)n1N=Cc1ccccn1. The number of rotatable bonds is 3. The highest BCUT2D eigenvalue weighted by molar-refractivity contribution is 9.10. The number of nitrogens with zero attached hydrogens (tertiary/aromatic N) is 4. The fourth-order valence-corrected chi connectivity index (χ4v) is 3.46. The summed E-state index contributed by atoms with van der Waals surface area (Å²) in [5, 5.41) is 5.76. The molecule has 0 atom stereocenters. The lowest BCUT2D eigenvalue weighted by molar-refractivity contribution is 0.616. The summed E-state index contributed by atoms with van der Waals surface area (Å²) in [4.78, 5) is 22.0. The van der Waals surface area contributed by atoms with Crippen molar-refractivity contribution in [1.82, 2.24) is 14.6 Å². The minimum absolute atomic E-state index is 0.278. The maximum atomic E-state index is 13.2. The second-order valence-corrected chi connectivity index (χ2v) is 7.28. The zero-order chi connectivity index (χ0) is 19.8. The third-order valence-electron chi connectivity index (χ3n) is 4.45. The second-order valence-electron chi connectivity index (χ2n) is 6.36. The van der Waals surface area contributed by atoms with Crippen LogP contribution in [0.4, 0.5) is 0 Å². The molecule has 7 heteroatoms. The van der Waals surface area contributed by atoms with Crippen molar-refractivity contribution < 1.29 is 4.42 Å². The zero-order valence-electron chi connectivity index (χ0n) is 15.0. The summed E-state index contributed by atoms with van der Waals surface area (Å²) in [6.45, 7) is 0. The third kappa shape index (κ3) is 3.25. The predicted octanol–water partition coefficient (Wildman–Crippen LogP) is 4.85. The lowest BCUT2D eigenvalue weighted by Gasteiger charge is -2.07. The van der Waals surface area contributed by atoms with Crippen LogP contribution in [0.5, 0.6) is 0 Å². The highest BCUT2D eigenvalue weighted by Crippen LogP contribution is 2.29. The van der Waals surface area contributed by atoms with Gasteiger partial charge in [0.2, 0.25) is 5.82 Å². The van der Waals surface area contributed by atoms with Crippen LogP contribution in [0.25, 0.3) is 33.5 Å². The highest BCUT2D eigenvalue weighted by atomic mass is 79.9. The molecule has 0 radical (unpaired) electrons. The first-order valence-corrected chi connectivity index (χ1v) is 9.65. The topological polar surface area (TPSA) is 73.3 Å². The minimum atomic E-state index is -0.278. The van der Waals surface area contributed by atoms with Crippen LogP contribution in [0, 0.1) is 0 Å². The standard InChI is InChI=1S/C22H13BrN4O2/c23-15-8-9-19-14(11-15)12-20(29-19)21-26-18-7-2-1-6-17(18)22(28)27(21)25-13-16-5-3-4-10-24-16/h1-13H. The Hall–Kier alpha value is -3.58. The van der Waals surface area contributed by atoms with Crippen LogP contribution >= 0.6 is 15.9 Å². The van der Waals surface area contributed by atoms with Gasteiger partial charge in [-0.2, -0.15) is 9.78 Å². The number of furan rings is 1. The van der Waals surface area contributed by atoms with Gasteiger partial charge in [-0.1, -0.05) is 34.1 Å². The van der Waals surface area contributed by atoms with E-state index in [0.29, 0.717) is 33.8 Å². The average molecular weight is 445 g/mol. The first-order valence-electron chi connectivity index (χ1n) is 8.86. The van der Waals surface area contributed by atoms with Gasteiger partial charge in [0.1, 0.15) is 5.58 Å². The third-order valence-corrected chi connectivity index (χ3v) is 4.94. The normalized spacial score (nSPS) is 11.6. The fraction of sp³-hybridized carbons (Fsp3) is 0. The lowest BCUT2D eigenvalue weighted by atomic mass is 10.2. The Morgan fingerprint density at radius 1 is 1.03 bits per heavy atom. The monoisotopic (exact) mass is 444 g/mol. The van der Waals surface area contributed by atoms with E-state index >= 15 is 0 Å². The van der Waals surface area contributed by atoms with Gasteiger partial charge in [0.05, 0.1) is 22.8 Å². The van der Waals surface area contributed by atoms with Crippen molar-refractivity contribution in [1.29, 1.82) is 0 Å². The van der Waals surface area contributed by atoms with Gasteiger partial charge in [-0.25, -0.2) is 4.98 Å². The van der Waals surface area contributed by atoms with E-state index in [4.69, 9.17) is 4.42 Å². The van der Waals surface area contributed by atoms with Gasteiger partial charge in [0.15, 0.2) is 5.76 Å². The van der Waals surface area contributed by atoms with Crippen LogP contribution in [-0.4, -0.2) is 20.9 Å². The van der Waals surface area contributed by atoms with Gasteiger partial charge in [-0.3, -0.25) is 9.78 Å². The molecule has 0 bridgehead atoms. The molecule has 0 amide bonds. The Morgan fingerprint density at radius 2 is 1.90 bits per heavy atom. The number of halogens is 1. The summed E-state index contributed by atoms with van der Waals surface area (Å²) in [5.41, 5.74) is 1.63. The Labute approximate surface area is 173 Å². The smallest absolute Gasteiger partial charge is 0.282 e. The molecule has 140 valence electrons. The van der Waals surface area contributed by atoms with Crippen molar-refractivity contribution in [2.75, 3.05) is 0 Å². The summed E-state index contributed by atoms with van der Waals surface area (Å²) in [5.74, 6) is 0.785. The molecular weight excluding hydrogens is 432 g/mol. The molecule has 0 N–H and O–H groups in total. The quantitative estimate of drug-likeness (QED) is 0.372. The van der Waals surface area contributed by atoms with Crippen molar-refractivity contribution in [2.24, 2.45) is 5.10 Å². The molecule has 29 heavy (non-hydrogen) atoms. The summed E-state index contributed by atoms with van der Waals surface area (Å²) in [6.07, 6.45) is 3.20. The number of benzene rings is 2. The predicted molar refractivity (Wildman–Crippen MR) is 116 cm³/mol. The van der Waals surface area contributed by atoms with E-state index in [1.165, 1.54) is 10.9 Å². The first-order chi connectivity index (χ1) is 14.2. The molecule has 3 aromatic heterocycles. The largest absolute Gasteiger partial charge is 0.453 e. The van der Waals surface area contributed by atoms with Crippen molar-refractivity contribution in [3.8, 4) is 11.6 Å². The molecule has 0 aliphatic rings. The Balaban J connectivity index is 1.76. The molecule has 3 heterocycles. The molecule has 5 rings (SSSR count). The summed E-state index contributed by atoms with van der Waals surface area (Å²) < 4.78 is 8.17. The van der Waals surface area contributed by atoms with E-state index in [-0.39, 0.29) is 5.56 Å². The molecule has 0 unspecified atom stereocenters. The van der Waals surface area contributed by atoms with Gasteiger partial charge in [0.25, 0.3) is 5.56 Å². The Kier molecular flexibility index (Phi) is 4.29. The summed E-state index contributed by atoms with van der Waals surface area (Å²) in [6, 6.07) is 20.2. The molecule has 0 spiro atoms. The Bertz CT molecular complexity index is 1440. The summed E-state index contributed by atoms with van der Waals surface area (Å²) in [7, 11) is 0. The van der Waals surface area contributed by atoms with Crippen LogP contribution in [-0.2, 0) is 0 Å². The van der Waals surface area contributed by atoms with Crippen LogP contribution in [0.2, 0.25) is 0 Å². The number of aromatic nitrogens is 3. The van der Waals surface area contributed by atoms with Crippen molar-refractivity contribution >= 4 is 44.0 Å². The number of hydrogen-bond donors (Lipinski definition) is 0. The maximum Gasteiger partial charge on any atom is 0.282 e. The Morgan fingerprint density at radius 3 is 2.76 bits per heavy atom. The van der Waals surface area contributed by atoms with Crippen molar-refractivity contribution in [3.05, 3.63) is 93.4 Å². The molecule has 5 aromatic rings. The molecule has 0 aliphatic heterocycles. The van der Waals surface area contributed by atoms with E-state index in [1.54, 1.807) is 30.5 Å². The molecule has 6 nitrogen and oxygen atoms in total. The van der Waals surface area contributed by atoms with E-state index in [2.05, 4.69) is 31.0 Å². The van der Waals surface area contributed by atoms with E-state index in [0.717, 1.165) is 9.86 Å². The van der Waals surface area contributed by atoms with Gasteiger partial charge in [0, 0.05) is 16.1 Å². The molecular formula is C22H13BrN4O2. The summed E-state index contributed by atoms with van der Waals surface area (Å²) >= 11 is 3.46.